The van der Waals surface area contributed by atoms with Crippen LogP contribution in [0.1, 0.15) is 0 Å². The third kappa shape index (κ3) is 3.89. The number of sulfonamides is 1. The molecule has 7 heteroatoms. The Bertz CT molecular complexity index is 1040. The molecule has 0 aliphatic carbocycles. The van der Waals surface area contributed by atoms with Crippen LogP contribution >= 0.6 is 0 Å². The number of rotatable bonds is 7. The average molecular weight is 399 g/mol. The molecule has 0 bridgehead atoms. The fourth-order valence-electron chi connectivity index (χ4n) is 2.86. The van der Waals surface area contributed by atoms with Crippen molar-refractivity contribution >= 4 is 15.7 Å². The monoisotopic (exact) mass is 399 g/mol. The van der Waals surface area contributed by atoms with E-state index in [0.29, 0.717) is 28.5 Å². The molecule has 28 heavy (non-hydrogen) atoms. The molecule has 0 saturated carbocycles. The number of ether oxygens (including phenoxy) is 3. The predicted molar refractivity (Wildman–Crippen MR) is 109 cm³/mol. The zero-order valence-corrected chi connectivity index (χ0v) is 16.6. The fraction of sp³-hybridized carbons (Fsp3) is 0.143. The maximum Gasteiger partial charge on any atom is 0.261 e. The summed E-state index contributed by atoms with van der Waals surface area (Å²) in [6.07, 6.45) is 0. The Hall–Kier alpha value is -3.19. The van der Waals surface area contributed by atoms with Gasteiger partial charge in [0, 0.05) is 5.56 Å². The average Bonchev–Trinajstić information content (AvgIpc) is 2.73. The molecule has 0 radical (unpaired) electrons. The van der Waals surface area contributed by atoms with E-state index in [9.17, 15) is 8.42 Å². The third-order valence-electron chi connectivity index (χ3n) is 4.20. The summed E-state index contributed by atoms with van der Waals surface area (Å²) in [7, 11) is 0.870. The number of nitrogens with one attached hydrogen (secondary N) is 1. The van der Waals surface area contributed by atoms with E-state index in [1.54, 1.807) is 54.6 Å². The molecule has 3 aromatic carbocycles. The maximum atomic E-state index is 12.8. The summed E-state index contributed by atoms with van der Waals surface area (Å²) < 4.78 is 44.3. The minimum atomic E-state index is -3.73. The van der Waals surface area contributed by atoms with Gasteiger partial charge in [-0.25, -0.2) is 8.42 Å². The lowest BCUT2D eigenvalue weighted by Gasteiger charge is -2.17. The van der Waals surface area contributed by atoms with E-state index in [2.05, 4.69) is 4.72 Å². The summed E-state index contributed by atoms with van der Waals surface area (Å²) in [6.45, 7) is 0. The number of methoxy groups -OCH3 is 3. The van der Waals surface area contributed by atoms with Crippen molar-refractivity contribution in [2.75, 3.05) is 26.1 Å². The second kappa shape index (κ2) is 8.22. The van der Waals surface area contributed by atoms with Gasteiger partial charge in [-0.3, -0.25) is 4.72 Å². The number of anilines is 1. The summed E-state index contributed by atoms with van der Waals surface area (Å²) in [5, 5.41) is 0. The Balaban J connectivity index is 2.09. The quantitative estimate of drug-likeness (QED) is 0.645. The van der Waals surface area contributed by atoms with Gasteiger partial charge in [-0.1, -0.05) is 36.4 Å². The summed E-state index contributed by atoms with van der Waals surface area (Å²) in [4.78, 5) is 0.190. The van der Waals surface area contributed by atoms with Gasteiger partial charge in [0.05, 0.1) is 31.9 Å². The van der Waals surface area contributed by atoms with Crippen molar-refractivity contribution in [2.45, 2.75) is 4.90 Å². The van der Waals surface area contributed by atoms with E-state index in [1.165, 1.54) is 21.3 Å². The summed E-state index contributed by atoms with van der Waals surface area (Å²) in [5.74, 6) is 1.44. The molecule has 3 rings (SSSR count). The third-order valence-corrected chi connectivity index (χ3v) is 5.58. The Morgan fingerprint density at radius 3 is 1.89 bits per heavy atom. The molecule has 0 fully saturated rings. The van der Waals surface area contributed by atoms with Gasteiger partial charge in [0.25, 0.3) is 10.0 Å². The number of benzene rings is 3. The van der Waals surface area contributed by atoms with Gasteiger partial charge < -0.3 is 14.2 Å². The number of hydrogen-bond donors (Lipinski definition) is 1. The smallest absolute Gasteiger partial charge is 0.261 e. The molecule has 0 saturated heterocycles. The minimum Gasteiger partial charge on any atom is -0.493 e. The van der Waals surface area contributed by atoms with Gasteiger partial charge in [0.15, 0.2) is 11.5 Å². The standard InChI is InChI=1S/C21H21NO5S/c1-25-19-13-15(14-20(26-2)21(19)27-3)17-11-7-8-12-18(17)22-28(23,24)16-9-5-4-6-10-16/h4-14,22H,1-3H3. The zero-order chi connectivity index (χ0) is 20.1. The van der Waals surface area contributed by atoms with E-state index in [-0.39, 0.29) is 4.90 Å². The second-order valence-electron chi connectivity index (χ2n) is 5.88. The predicted octanol–water partition coefficient (Wildman–Crippen LogP) is 4.18. The lowest BCUT2D eigenvalue weighted by molar-refractivity contribution is 0.324. The zero-order valence-electron chi connectivity index (χ0n) is 15.8. The Morgan fingerprint density at radius 1 is 0.750 bits per heavy atom. The highest BCUT2D eigenvalue weighted by Gasteiger charge is 2.19. The van der Waals surface area contributed by atoms with Gasteiger partial charge in [-0.05, 0) is 35.9 Å². The summed E-state index contributed by atoms with van der Waals surface area (Å²) in [5.41, 5.74) is 1.85. The van der Waals surface area contributed by atoms with Gasteiger partial charge in [0.2, 0.25) is 5.75 Å². The van der Waals surface area contributed by atoms with E-state index in [1.807, 2.05) is 12.1 Å². The molecule has 0 atom stereocenters. The van der Waals surface area contributed by atoms with Crippen LogP contribution in [0.25, 0.3) is 11.1 Å². The van der Waals surface area contributed by atoms with Crippen molar-refractivity contribution in [3.63, 3.8) is 0 Å². The lowest BCUT2D eigenvalue weighted by atomic mass is 10.0. The van der Waals surface area contributed by atoms with Crippen LogP contribution in [0.4, 0.5) is 5.69 Å². The molecule has 0 aromatic heterocycles. The molecule has 0 aliphatic heterocycles. The molecular formula is C21H21NO5S. The first-order valence-corrected chi connectivity index (χ1v) is 9.95. The Kier molecular flexibility index (Phi) is 5.75. The van der Waals surface area contributed by atoms with Crippen LogP contribution < -0.4 is 18.9 Å². The van der Waals surface area contributed by atoms with Gasteiger partial charge in [0.1, 0.15) is 0 Å². The number of para-hydroxylation sites is 1. The summed E-state index contributed by atoms with van der Waals surface area (Å²) in [6, 6.07) is 18.9. The van der Waals surface area contributed by atoms with Crippen molar-refractivity contribution < 1.29 is 22.6 Å². The highest BCUT2D eigenvalue weighted by Crippen LogP contribution is 2.42. The first kappa shape index (κ1) is 19.6. The van der Waals surface area contributed by atoms with Crippen LogP contribution in [0.15, 0.2) is 71.6 Å². The SMILES string of the molecule is COc1cc(-c2ccccc2NS(=O)(=O)c2ccccc2)cc(OC)c1OC. The van der Waals surface area contributed by atoms with E-state index < -0.39 is 10.0 Å². The first-order chi connectivity index (χ1) is 13.5. The largest absolute Gasteiger partial charge is 0.493 e. The molecular weight excluding hydrogens is 378 g/mol. The van der Waals surface area contributed by atoms with E-state index in [4.69, 9.17) is 14.2 Å². The molecule has 1 N–H and O–H groups in total. The van der Waals surface area contributed by atoms with Gasteiger partial charge >= 0.3 is 0 Å². The highest BCUT2D eigenvalue weighted by atomic mass is 32.2. The summed E-state index contributed by atoms with van der Waals surface area (Å²) >= 11 is 0. The highest BCUT2D eigenvalue weighted by molar-refractivity contribution is 7.92. The minimum absolute atomic E-state index is 0.190. The molecule has 0 aliphatic rings. The lowest BCUT2D eigenvalue weighted by Crippen LogP contribution is -2.13. The van der Waals surface area contributed by atoms with Gasteiger partial charge in [-0.15, -0.1) is 0 Å². The van der Waals surface area contributed by atoms with Crippen molar-refractivity contribution in [3.8, 4) is 28.4 Å². The van der Waals surface area contributed by atoms with Crippen LogP contribution in [-0.4, -0.2) is 29.7 Å². The molecule has 0 heterocycles. The van der Waals surface area contributed by atoms with Crippen molar-refractivity contribution in [3.05, 3.63) is 66.7 Å². The van der Waals surface area contributed by atoms with Crippen LogP contribution in [-0.2, 0) is 10.0 Å². The molecule has 146 valence electrons. The fourth-order valence-corrected chi connectivity index (χ4v) is 3.96. The first-order valence-electron chi connectivity index (χ1n) is 8.47. The Morgan fingerprint density at radius 2 is 1.32 bits per heavy atom. The van der Waals surface area contributed by atoms with Crippen LogP contribution in [0, 0.1) is 0 Å². The number of hydrogen-bond acceptors (Lipinski definition) is 5. The van der Waals surface area contributed by atoms with Gasteiger partial charge in [-0.2, -0.15) is 0 Å². The topological polar surface area (TPSA) is 73.9 Å². The van der Waals surface area contributed by atoms with Crippen LogP contribution in [0.3, 0.4) is 0 Å². The Labute approximate surface area is 164 Å². The van der Waals surface area contributed by atoms with Crippen LogP contribution in [0.2, 0.25) is 0 Å². The normalized spacial score (nSPS) is 11.0. The molecule has 3 aromatic rings. The van der Waals surface area contributed by atoms with E-state index >= 15 is 0 Å². The van der Waals surface area contributed by atoms with Crippen molar-refractivity contribution in [2.24, 2.45) is 0 Å². The van der Waals surface area contributed by atoms with Crippen molar-refractivity contribution in [1.82, 2.24) is 0 Å². The molecule has 0 amide bonds. The molecule has 6 nitrogen and oxygen atoms in total. The van der Waals surface area contributed by atoms with Crippen LogP contribution in [0.5, 0.6) is 17.2 Å². The van der Waals surface area contributed by atoms with Crippen molar-refractivity contribution in [1.29, 1.82) is 0 Å². The molecule has 0 unspecified atom stereocenters. The maximum absolute atomic E-state index is 12.8. The molecule has 0 spiro atoms. The van der Waals surface area contributed by atoms with E-state index in [0.717, 1.165) is 5.56 Å². The second-order valence-corrected chi connectivity index (χ2v) is 7.56.